The van der Waals surface area contributed by atoms with Crippen molar-refractivity contribution in [2.45, 2.75) is 31.2 Å². The maximum Gasteiger partial charge on any atom is 0.325 e. The van der Waals surface area contributed by atoms with Gasteiger partial charge in [0.1, 0.15) is 12.1 Å². The number of rotatable bonds is 3. The molecule has 2 saturated heterocycles. The van der Waals surface area contributed by atoms with Gasteiger partial charge in [-0.25, -0.2) is 4.79 Å². The van der Waals surface area contributed by atoms with E-state index in [9.17, 15) is 14.4 Å². The Balaban J connectivity index is 1.76. The van der Waals surface area contributed by atoms with E-state index in [4.69, 9.17) is 0 Å². The fourth-order valence-corrected chi connectivity index (χ4v) is 4.08. The second-order valence-electron chi connectivity index (χ2n) is 6.63. The number of hydrogen-bond acceptors (Lipinski definition) is 4. The van der Waals surface area contributed by atoms with Crippen LogP contribution in [0.4, 0.5) is 10.5 Å². The average Bonchev–Trinajstić information content (AvgIpc) is 3.05. The summed E-state index contributed by atoms with van der Waals surface area (Å²) in [5.41, 5.74) is -0.180. The Morgan fingerprint density at radius 3 is 2.50 bits per heavy atom. The van der Waals surface area contributed by atoms with E-state index in [2.05, 4.69) is 26.0 Å². The first-order chi connectivity index (χ1) is 12.5. The first-order valence-electron chi connectivity index (χ1n) is 8.67. The summed E-state index contributed by atoms with van der Waals surface area (Å²) in [5.74, 6) is -0.600. The van der Waals surface area contributed by atoms with Gasteiger partial charge in [0.2, 0.25) is 5.91 Å². The molecule has 0 radical (unpaired) electrons. The average molecular weight is 424 g/mol. The van der Waals surface area contributed by atoms with Crippen molar-refractivity contribution in [2.75, 3.05) is 32.1 Å². The van der Waals surface area contributed by atoms with Crippen LogP contribution in [0, 0.1) is 0 Å². The third kappa shape index (κ3) is 3.56. The highest BCUT2D eigenvalue weighted by molar-refractivity contribution is 9.10. The van der Waals surface area contributed by atoms with Crippen molar-refractivity contribution in [1.29, 1.82) is 0 Å². The van der Waals surface area contributed by atoms with Gasteiger partial charge in [-0.15, -0.1) is 0 Å². The number of benzene rings is 1. The molecule has 1 aromatic carbocycles. The maximum absolute atomic E-state index is 13.1. The molecule has 1 atom stereocenters. The van der Waals surface area contributed by atoms with Gasteiger partial charge in [0.05, 0.1) is 7.11 Å². The third-order valence-electron chi connectivity index (χ3n) is 5.08. The van der Waals surface area contributed by atoms with Gasteiger partial charge in [0.25, 0.3) is 0 Å². The van der Waals surface area contributed by atoms with Crippen molar-refractivity contribution in [3.8, 4) is 0 Å². The number of ether oxygens (including phenoxy) is 1. The Kier molecular flexibility index (Phi) is 5.50. The molecule has 1 unspecified atom stereocenters. The molecule has 26 heavy (non-hydrogen) atoms. The van der Waals surface area contributed by atoms with Crippen LogP contribution in [0.3, 0.4) is 0 Å². The minimum absolute atomic E-state index is 0.0702. The minimum Gasteiger partial charge on any atom is -0.468 e. The predicted molar refractivity (Wildman–Crippen MR) is 99.7 cm³/mol. The molecule has 7 nitrogen and oxygen atoms in total. The lowest BCUT2D eigenvalue weighted by Gasteiger charge is -2.44. The van der Waals surface area contributed by atoms with Gasteiger partial charge in [-0.3, -0.25) is 9.59 Å². The molecule has 140 valence electrons. The molecule has 1 spiro atoms. The number of methoxy groups -OCH3 is 1. The first-order valence-corrected chi connectivity index (χ1v) is 9.46. The number of halogens is 1. The van der Waals surface area contributed by atoms with Crippen LogP contribution in [0.1, 0.15) is 25.7 Å². The fraction of sp³-hybridized carbons (Fsp3) is 0.500. The van der Waals surface area contributed by atoms with E-state index in [0.717, 1.165) is 17.3 Å². The largest absolute Gasteiger partial charge is 0.468 e. The van der Waals surface area contributed by atoms with Crippen molar-refractivity contribution in [3.05, 3.63) is 28.7 Å². The van der Waals surface area contributed by atoms with Crippen molar-refractivity contribution < 1.29 is 19.1 Å². The molecule has 2 aliphatic heterocycles. The lowest BCUT2D eigenvalue weighted by atomic mass is 9.85. The normalized spacial score (nSPS) is 22.6. The van der Waals surface area contributed by atoms with Gasteiger partial charge < -0.3 is 19.9 Å². The molecule has 1 aromatic rings. The van der Waals surface area contributed by atoms with Gasteiger partial charge >= 0.3 is 12.0 Å². The Labute approximate surface area is 160 Å². The highest BCUT2D eigenvalue weighted by atomic mass is 79.9. The summed E-state index contributed by atoms with van der Waals surface area (Å²) in [5, 5.41) is 2.87. The summed E-state index contributed by atoms with van der Waals surface area (Å²) in [4.78, 5) is 40.7. The van der Waals surface area contributed by atoms with Crippen LogP contribution in [0.25, 0.3) is 0 Å². The van der Waals surface area contributed by atoms with E-state index < -0.39 is 11.5 Å². The van der Waals surface area contributed by atoms with E-state index in [1.807, 2.05) is 12.1 Å². The quantitative estimate of drug-likeness (QED) is 0.757. The zero-order chi connectivity index (χ0) is 18.7. The van der Waals surface area contributed by atoms with E-state index in [1.54, 1.807) is 17.0 Å². The number of carbonyl (C=O) groups is 3. The first kappa shape index (κ1) is 18.7. The van der Waals surface area contributed by atoms with Crippen molar-refractivity contribution in [1.82, 2.24) is 9.80 Å². The Bertz CT molecular complexity index is 709. The molecule has 3 amide bonds. The van der Waals surface area contributed by atoms with Gasteiger partial charge in [0, 0.05) is 23.2 Å². The zero-order valence-electron chi connectivity index (χ0n) is 14.7. The summed E-state index contributed by atoms with van der Waals surface area (Å²) in [6.45, 7) is 0.970. The highest BCUT2D eigenvalue weighted by Crippen LogP contribution is 2.38. The van der Waals surface area contributed by atoms with Crippen LogP contribution in [-0.2, 0) is 14.3 Å². The van der Waals surface area contributed by atoms with Gasteiger partial charge in [0.15, 0.2) is 0 Å². The highest BCUT2D eigenvalue weighted by Gasteiger charge is 2.53. The topological polar surface area (TPSA) is 79.0 Å². The molecule has 0 aliphatic carbocycles. The molecule has 2 aliphatic rings. The number of piperidine rings is 1. The Morgan fingerprint density at radius 2 is 1.85 bits per heavy atom. The standard InChI is InChI=1S/C18H22BrN3O4/c1-26-15(23)12-21-10-2-8-18(16(21)24)9-3-11-22(18)17(25)20-14-6-4-13(19)5-7-14/h4-7H,2-3,8-12H2,1H3,(H,20,25). The number of amides is 3. The minimum atomic E-state index is -0.855. The molecule has 0 saturated carbocycles. The summed E-state index contributed by atoms with van der Waals surface area (Å²) in [7, 11) is 1.31. The summed E-state index contributed by atoms with van der Waals surface area (Å²) >= 11 is 3.36. The number of esters is 1. The monoisotopic (exact) mass is 423 g/mol. The van der Waals surface area contributed by atoms with E-state index >= 15 is 0 Å². The van der Waals surface area contributed by atoms with Crippen molar-refractivity contribution >= 4 is 39.5 Å². The molecule has 3 rings (SSSR count). The van der Waals surface area contributed by atoms with Gasteiger partial charge in [-0.2, -0.15) is 0 Å². The summed E-state index contributed by atoms with van der Waals surface area (Å²) in [6.07, 6.45) is 2.77. The number of nitrogens with zero attached hydrogens (tertiary/aromatic N) is 2. The smallest absolute Gasteiger partial charge is 0.325 e. The molecule has 0 bridgehead atoms. The van der Waals surface area contributed by atoms with E-state index in [-0.39, 0.29) is 18.5 Å². The number of hydrogen-bond donors (Lipinski definition) is 1. The van der Waals surface area contributed by atoms with Crippen LogP contribution >= 0.6 is 15.9 Å². The second kappa shape index (κ2) is 7.65. The number of nitrogens with one attached hydrogen (secondary N) is 1. The predicted octanol–water partition coefficient (Wildman–Crippen LogP) is 2.61. The van der Waals surface area contributed by atoms with Gasteiger partial charge in [-0.05, 0) is 49.9 Å². The number of carbonyl (C=O) groups excluding carboxylic acids is 3. The Hall–Kier alpha value is -2.09. The lowest BCUT2D eigenvalue weighted by molar-refractivity contribution is -0.153. The van der Waals surface area contributed by atoms with Crippen LogP contribution in [0.5, 0.6) is 0 Å². The third-order valence-corrected chi connectivity index (χ3v) is 5.61. The van der Waals surface area contributed by atoms with Crippen LogP contribution in [-0.4, -0.2) is 60.0 Å². The summed E-state index contributed by atoms with van der Waals surface area (Å²) < 4.78 is 5.61. The maximum atomic E-state index is 13.1. The molecular formula is C18H22BrN3O4. The Morgan fingerprint density at radius 1 is 1.19 bits per heavy atom. The van der Waals surface area contributed by atoms with Gasteiger partial charge in [-0.1, -0.05) is 15.9 Å². The number of likely N-dealkylation sites (tertiary alicyclic amines) is 2. The molecular weight excluding hydrogens is 402 g/mol. The molecule has 8 heteroatoms. The van der Waals surface area contributed by atoms with Crippen LogP contribution in [0.2, 0.25) is 0 Å². The zero-order valence-corrected chi connectivity index (χ0v) is 16.3. The molecule has 0 aromatic heterocycles. The molecule has 2 fully saturated rings. The number of anilines is 1. The van der Waals surface area contributed by atoms with Crippen molar-refractivity contribution in [2.24, 2.45) is 0 Å². The number of urea groups is 1. The summed E-state index contributed by atoms with van der Waals surface area (Å²) in [6, 6.07) is 7.02. The SMILES string of the molecule is COC(=O)CN1CCCC2(CCCN2C(=O)Nc2ccc(Br)cc2)C1=O. The fourth-order valence-electron chi connectivity index (χ4n) is 3.82. The van der Waals surface area contributed by atoms with Crippen LogP contribution < -0.4 is 5.32 Å². The van der Waals surface area contributed by atoms with E-state index in [1.165, 1.54) is 12.0 Å². The van der Waals surface area contributed by atoms with Crippen LogP contribution in [0.15, 0.2) is 28.7 Å². The lowest BCUT2D eigenvalue weighted by Crippen LogP contribution is -2.62. The van der Waals surface area contributed by atoms with E-state index in [0.29, 0.717) is 31.6 Å². The molecule has 2 heterocycles. The molecule has 1 N–H and O–H groups in total. The van der Waals surface area contributed by atoms with Crippen molar-refractivity contribution in [3.63, 3.8) is 0 Å². The second-order valence-corrected chi connectivity index (χ2v) is 7.55.